The Kier molecular flexibility index (Phi) is 8.76. The summed E-state index contributed by atoms with van der Waals surface area (Å²) in [5.74, 6) is -1.46. The van der Waals surface area contributed by atoms with Crippen molar-refractivity contribution in [2.24, 2.45) is 5.92 Å². The zero-order valence-corrected chi connectivity index (χ0v) is 20.3. The van der Waals surface area contributed by atoms with Gasteiger partial charge in [-0.25, -0.2) is 14.6 Å². The van der Waals surface area contributed by atoms with Crippen LogP contribution in [0.3, 0.4) is 0 Å². The summed E-state index contributed by atoms with van der Waals surface area (Å²) < 4.78 is 10.2. The van der Waals surface area contributed by atoms with Crippen LogP contribution in [-0.4, -0.2) is 57.1 Å². The third kappa shape index (κ3) is 6.99. The number of rotatable bonds is 9. The molecule has 1 aromatic carbocycles. The van der Waals surface area contributed by atoms with Crippen LogP contribution in [0.1, 0.15) is 35.8 Å². The van der Waals surface area contributed by atoms with Crippen LogP contribution in [0.2, 0.25) is 0 Å². The third-order valence-corrected chi connectivity index (χ3v) is 6.06. The van der Waals surface area contributed by atoms with Gasteiger partial charge in [-0.1, -0.05) is 0 Å². The van der Waals surface area contributed by atoms with Gasteiger partial charge in [-0.3, -0.25) is 24.6 Å². The number of benzene rings is 1. The number of esters is 1. The van der Waals surface area contributed by atoms with Crippen molar-refractivity contribution in [2.75, 3.05) is 18.5 Å². The molecule has 1 saturated heterocycles. The second kappa shape index (κ2) is 11.8. The SMILES string of the molecule is CCOC(=O)c1csc(NC(=O)C2CC(CC(=O)S)CN2C(=O)OCc2ccc([N+](=O)[O-])cc2)n1. The van der Waals surface area contributed by atoms with Gasteiger partial charge in [0.2, 0.25) is 5.91 Å². The summed E-state index contributed by atoms with van der Waals surface area (Å²) in [6, 6.07) is 4.58. The number of carbonyl (C=O) groups is 4. The fourth-order valence-corrected chi connectivity index (χ4v) is 4.47. The van der Waals surface area contributed by atoms with Gasteiger partial charge in [-0.05, 0) is 37.0 Å². The van der Waals surface area contributed by atoms with Crippen LogP contribution in [0.5, 0.6) is 0 Å². The highest BCUT2D eigenvalue weighted by molar-refractivity contribution is 7.96. The number of anilines is 1. The molecule has 1 fully saturated rings. The number of likely N-dealkylation sites (tertiary alicyclic amines) is 1. The molecule has 0 spiro atoms. The minimum Gasteiger partial charge on any atom is -0.461 e. The van der Waals surface area contributed by atoms with Gasteiger partial charge in [0.1, 0.15) is 12.6 Å². The van der Waals surface area contributed by atoms with E-state index in [1.165, 1.54) is 34.5 Å². The van der Waals surface area contributed by atoms with E-state index >= 15 is 0 Å². The summed E-state index contributed by atoms with van der Waals surface area (Å²) in [6.07, 6.45) is -0.492. The van der Waals surface area contributed by atoms with E-state index in [2.05, 4.69) is 22.9 Å². The van der Waals surface area contributed by atoms with Crippen molar-refractivity contribution < 1.29 is 33.6 Å². The van der Waals surface area contributed by atoms with Gasteiger partial charge in [-0.15, -0.1) is 24.0 Å². The largest absolute Gasteiger partial charge is 0.461 e. The Labute approximate surface area is 209 Å². The maximum Gasteiger partial charge on any atom is 0.410 e. The molecule has 1 aliphatic rings. The van der Waals surface area contributed by atoms with E-state index in [1.807, 2.05) is 0 Å². The number of thiol groups is 1. The van der Waals surface area contributed by atoms with E-state index in [-0.39, 0.29) is 60.1 Å². The van der Waals surface area contributed by atoms with E-state index in [1.54, 1.807) is 6.92 Å². The number of hydrogen-bond donors (Lipinski definition) is 2. The van der Waals surface area contributed by atoms with Crippen molar-refractivity contribution in [2.45, 2.75) is 32.4 Å². The summed E-state index contributed by atoms with van der Waals surface area (Å²) in [6.45, 7) is 1.79. The first-order chi connectivity index (χ1) is 16.7. The predicted molar refractivity (Wildman–Crippen MR) is 127 cm³/mol. The van der Waals surface area contributed by atoms with Crippen LogP contribution in [0, 0.1) is 16.0 Å². The lowest BCUT2D eigenvalue weighted by molar-refractivity contribution is -0.384. The molecule has 1 aliphatic heterocycles. The van der Waals surface area contributed by atoms with Crippen LogP contribution in [-0.2, 0) is 25.7 Å². The van der Waals surface area contributed by atoms with Crippen molar-refractivity contribution in [3.63, 3.8) is 0 Å². The highest BCUT2D eigenvalue weighted by Crippen LogP contribution is 2.29. The molecule has 0 saturated carbocycles. The van der Waals surface area contributed by atoms with Gasteiger partial charge >= 0.3 is 12.1 Å². The zero-order chi connectivity index (χ0) is 25.5. The van der Waals surface area contributed by atoms with Crippen LogP contribution < -0.4 is 5.32 Å². The molecule has 1 aromatic heterocycles. The fraction of sp³-hybridized carbons (Fsp3) is 0.381. The standard InChI is InChI=1S/C21H22N4O8S2/c1-2-32-19(28)15-11-35-20(22-15)23-18(27)16-7-13(8-17(26)34)9-24(16)21(29)33-10-12-3-5-14(6-4-12)25(30)31/h3-6,11,13,16H,2,7-10H2,1H3,(H,26,34)(H,22,23,27). The van der Waals surface area contributed by atoms with Gasteiger partial charge in [0.15, 0.2) is 15.9 Å². The highest BCUT2D eigenvalue weighted by Gasteiger charge is 2.41. The number of ether oxygens (including phenoxy) is 2. The first kappa shape index (κ1) is 26.1. The van der Waals surface area contributed by atoms with Crippen molar-refractivity contribution in [3.8, 4) is 0 Å². The van der Waals surface area contributed by atoms with E-state index in [0.717, 1.165) is 11.3 Å². The number of non-ortho nitro benzene ring substituents is 1. The summed E-state index contributed by atoms with van der Waals surface area (Å²) in [5, 5.41) is 14.6. The first-order valence-corrected chi connectivity index (χ1v) is 11.8. The summed E-state index contributed by atoms with van der Waals surface area (Å²) in [7, 11) is 0. The average molecular weight is 523 g/mol. The number of nitro groups is 1. The van der Waals surface area contributed by atoms with Gasteiger partial charge < -0.3 is 14.8 Å². The van der Waals surface area contributed by atoms with Crippen LogP contribution in [0.4, 0.5) is 15.6 Å². The molecule has 2 atom stereocenters. The Morgan fingerprint density at radius 3 is 2.60 bits per heavy atom. The maximum absolute atomic E-state index is 13.0. The van der Waals surface area contributed by atoms with Gasteiger partial charge in [0.25, 0.3) is 5.69 Å². The van der Waals surface area contributed by atoms with Crippen molar-refractivity contribution >= 4 is 57.9 Å². The molecule has 186 valence electrons. The first-order valence-electron chi connectivity index (χ1n) is 10.5. The number of nitrogens with zero attached hydrogens (tertiary/aromatic N) is 3. The van der Waals surface area contributed by atoms with Crippen molar-refractivity contribution in [1.82, 2.24) is 9.88 Å². The Balaban J connectivity index is 1.67. The van der Waals surface area contributed by atoms with Crippen LogP contribution in [0.25, 0.3) is 0 Å². The molecule has 3 rings (SSSR count). The number of amides is 2. The molecule has 14 heteroatoms. The quantitative estimate of drug-likeness (QED) is 0.218. The summed E-state index contributed by atoms with van der Waals surface area (Å²) in [4.78, 5) is 64.5. The number of thiazole rings is 1. The van der Waals surface area contributed by atoms with Crippen molar-refractivity contribution in [1.29, 1.82) is 0 Å². The molecule has 35 heavy (non-hydrogen) atoms. The van der Waals surface area contributed by atoms with E-state index in [0.29, 0.717) is 5.56 Å². The second-order valence-corrected chi connectivity index (χ2v) is 8.95. The third-order valence-electron chi connectivity index (χ3n) is 5.12. The minimum absolute atomic E-state index is 0.0523. The zero-order valence-electron chi connectivity index (χ0n) is 18.5. The van der Waals surface area contributed by atoms with Gasteiger partial charge in [-0.2, -0.15) is 0 Å². The molecule has 0 radical (unpaired) electrons. The predicted octanol–water partition coefficient (Wildman–Crippen LogP) is 3.04. The molecule has 12 nitrogen and oxygen atoms in total. The molecule has 2 amide bonds. The normalized spacial score (nSPS) is 17.0. The van der Waals surface area contributed by atoms with Crippen LogP contribution in [0.15, 0.2) is 29.6 Å². The van der Waals surface area contributed by atoms with E-state index in [9.17, 15) is 29.3 Å². The number of hydrogen-bond acceptors (Lipinski definition) is 10. The summed E-state index contributed by atoms with van der Waals surface area (Å²) in [5.41, 5.74) is 0.487. The second-order valence-electron chi connectivity index (χ2n) is 7.59. The molecular weight excluding hydrogens is 500 g/mol. The number of nitrogens with one attached hydrogen (secondary N) is 1. The number of nitro benzene ring substituents is 1. The lowest BCUT2D eigenvalue weighted by atomic mass is 10.0. The molecule has 2 heterocycles. The van der Waals surface area contributed by atoms with Gasteiger partial charge in [0, 0.05) is 30.5 Å². The maximum atomic E-state index is 13.0. The Morgan fingerprint density at radius 1 is 1.26 bits per heavy atom. The van der Waals surface area contributed by atoms with E-state index < -0.39 is 28.9 Å². The van der Waals surface area contributed by atoms with Gasteiger partial charge in [0.05, 0.1) is 11.5 Å². The monoisotopic (exact) mass is 522 g/mol. The summed E-state index contributed by atoms with van der Waals surface area (Å²) >= 11 is 4.82. The van der Waals surface area contributed by atoms with Crippen molar-refractivity contribution in [3.05, 3.63) is 51.0 Å². The Bertz CT molecular complexity index is 1120. The smallest absolute Gasteiger partial charge is 0.410 e. The van der Waals surface area contributed by atoms with E-state index in [4.69, 9.17) is 9.47 Å². The fourth-order valence-electron chi connectivity index (χ4n) is 3.53. The lowest BCUT2D eigenvalue weighted by Crippen LogP contribution is -2.43. The number of carbonyl (C=O) groups excluding carboxylic acids is 4. The Morgan fingerprint density at radius 2 is 1.97 bits per heavy atom. The Hall–Kier alpha value is -3.52. The molecular formula is C21H22N4O8S2. The molecule has 0 aliphatic carbocycles. The minimum atomic E-state index is -0.938. The lowest BCUT2D eigenvalue weighted by Gasteiger charge is -2.23. The molecule has 2 aromatic rings. The van der Waals surface area contributed by atoms with Crippen LogP contribution >= 0.6 is 24.0 Å². The molecule has 0 bridgehead atoms. The average Bonchev–Trinajstić information content (AvgIpc) is 3.45. The molecule has 1 N–H and O–H groups in total. The molecule has 2 unspecified atom stereocenters. The number of aromatic nitrogens is 1. The highest BCUT2D eigenvalue weighted by atomic mass is 32.1. The topological polar surface area (TPSA) is 158 Å².